The molecule has 0 bridgehead atoms. The normalized spacial score (nSPS) is 28.5. The van der Waals surface area contributed by atoms with Gasteiger partial charge in [-0.2, -0.15) is 0 Å². The van der Waals surface area contributed by atoms with Gasteiger partial charge in [-0.1, -0.05) is 30.3 Å². The maximum Gasteiger partial charge on any atom is 0.407 e. The standard InChI is InChI=1S/C17H25NO8/c19-9-12-13(20)14(21)15(22)16(26-12)24-8-4-7-18-17(23)25-10-11-5-2-1-3-6-11/h1-3,5-6,12-16,19-22H,4,7-10H2,(H,18,23)/t12-,13-,14+,15+,16+/m1/s1. The number of carbonyl (C=O) groups is 1. The van der Waals surface area contributed by atoms with Crippen LogP contribution in [0.4, 0.5) is 4.79 Å². The number of hydrogen-bond donors (Lipinski definition) is 5. The summed E-state index contributed by atoms with van der Waals surface area (Å²) in [5, 5.41) is 40.8. The van der Waals surface area contributed by atoms with E-state index in [0.717, 1.165) is 5.56 Å². The van der Waals surface area contributed by atoms with Crippen molar-refractivity contribution in [2.24, 2.45) is 0 Å². The van der Waals surface area contributed by atoms with E-state index in [1.165, 1.54) is 0 Å². The number of rotatable bonds is 8. The maximum atomic E-state index is 11.6. The van der Waals surface area contributed by atoms with Gasteiger partial charge in [-0.15, -0.1) is 0 Å². The minimum atomic E-state index is -1.48. The molecular weight excluding hydrogens is 346 g/mol. The maximum absolute atomic E-state index is 11.6. The molecule has 26 heavy (non-hydrogen) atoms. The van der Waals surface area contributed by atoms with Crippen LogP contribution >= 0.6 is 0 Å². The molecule has 1 heterocycles. The molecule has 2 rings (SSSR count). The molecule has 1 aromatic carbocycles. The first-order chi connectivity index (χ1) is 12.5. The number of benzene rings is 1. The van der Waals surface area contributed by atoms with Crippen LogP contribution in [-0.4, -0.2) is 77.0 Å². The number of hydrogen-bond acceptors (Lipinski definition) is 8. The van der Waals surface area contributed by atoms with Crippen molar-refractivity contribution in [3.63, 3.8) is 0 Å². The van der Waals surface area contributed by atoms with Crippen molar-refractivity contribution in [2.45, 2.75) is 43.7 Å². The Morgan fingerprint density at radius 2 is 1.85 bits per heavy atom. The third kappa shape index (κ3) is 5.90. The highest BCUT2D eigenvalue weighted by molar-refractivity contribution is 5.67. The fourth-order valence-electron chi connectivity index (χ4n) is 2.44. The highest BCUT2D eigenvalue weighted by Crippen LogP contribution is 2.21. The first-order valence-electron chi connectivity index (χ1n) is 8.39. The number of alkyl carbamates (subject to hydrolysis) is 1. The lowest BCUT2D eigenvalue weighted by atomic mass is 9.99. The second kappa shape index (κ2) is 10.4. The molecule has 1 fully saturated rings. The zero-order valence-corrected chi connectivity index (χ0v) is 14.2. The molecular formula is C17H25NO8. The van der Waals surface area contributed by atoms with Gasteiger partial charge < -0.3 is 40.0 Å². The predicted octanol–water partition coefficient (Wildman–Crippen LogP) is -0.881. The number of carbonyl (C=O) groups excluding carboxylic acids is 1. The molecule has 1 saturated heterocycles. The largest absolute Gasteiger partial charge is 0.445 e. The average Bonchev–Trinajstić information content (AvgIpc) is 2.66. The van der Waals surface area contributed by atoms with E-state index in [1.54, 1.807) is 0 Å². The van der Waals surface area contributed by atoms with Crippen molar-refractivity contribution >= 4 is 6.09 Å². The fourth-order valence-corrected chi connectivity index (χ4v) is 2.44. The molecule has 5 atom stereocenters. The fraction of sp³-hybridized carbons (Fsp3) is 0.588. The molecule has 0 unspecified atom stereocenters. The first kappa shape index (κ1) is 20.6. The number of aliphatic hydroxyl groups excluding tert-OH is 4. The van der Waals surface area contributed by atoms with Gasteiger partial charge >= 0.3 is 6.09 Å². The van der Waals surface area contributed by atoms with E-state index in [-0.39, 0.29) is 19.8 Å². The summed E-state index contributed by atoms with van der Waals surface area (Å²) in [6.45, 7) is 0.0698. The lowest BCUT2D eigenvalue weighted by Gasteiger charge is -2.39. The molecule has 0 spiro atoms. The van der Waals surface area contributed by atoms with Crippen LogP contribution in [0.25, 0.3) is 0 Å². The third-order valence-electron chi connectivity index (χ3n) is 3.93. The van der Waals surface area contributed by atoms with E-state index >= 15 is 0 Å². The van der Waals surface area contributed by atoms with Gasteiger partial charge in [-0.05, 0) is 12.0 Å². The van der Waals surface area contributed by atoms with Crippen molar-refractivity contribution in [1.29, 1.82) is 0 Å². The Morgan fingerprint density at radius 1 is 1.12 bits per heavy atom. The zero-order chi connectivity index (χ0) is 18.9. The monoisotopic (exact) mass is 371 g/mol. The molecule has 9 heteroatoms. The molecule has 0 aromatic heterocycles. The molecule has 0 saturated carbocycles. The Labute approximate surface area is 151 Å². The van der Waals surface area contributed by atoms with Crippen molar-refractivity contribution in [1.82, 2.24) is 5.32 Å². The van der Waals surface area contributed by atoms with E-state index in [4.69, 9.17) is 19.3 Å². The lowest BCUT2D eigenvalue weighted by Crippen LogP contribution is -2.59. The number of aliphatic hydroxyl groups is 4. The Kier molecular flexibility index (Phi) is 8.23. The van der Waals surface area contributed by atoms with Gasteiger partial charge in [0.25, 0.3) is 0 Å². The Morgan fingerprint density at radius 3 is 2.54 bits per heavy atom. The zero-order valence-electron chi connectivity index (χ0n) is 14.2. The van der Waals surface area contributed by atoms with Gasteiger partial charge in [0, 0.05) is 6.54 Å². The van der Waals surface area contributed by atoms with Gasteiger partial charge in [0.2, 0.25) is 0 Å². The van der Waals surface area contributed by atoms with E-state index in [9.17, 15) is 20.1 Å². The molecule has 5 N–H and O–H groups in total. The Hall–Kier alpha value is -1.75. The highest BCUT2D eigenvalue weighted by atomic mass is 16.7. The molecule has 1 aliphatic heterocycles. The summed E-state index contributed by atoms with van der Waals surface area (Å²) in [6, 6.07) is 9.28. The van der Waals surface area contributed by atoms with Crippen LogP contribution in [0.1, 0.15) is 12.0 Å². The summed E-state index contributed by atoms with van der Waals surface area (Å²) in [7, 11) is 0. The van der Waals surface area contributed by atoms with E-state index < -0.39 is 43.4 Å². The predicted molar refractivity (Wildman–Crippen MR) is 89.0 cm³/mol. The highest BCUT2D eigenvalue weighted by Gasteiger charge is 2.43. The summed E-state index contributed by atoms with van der Waals surface area (Å²) in [5.41, 5.74) is 0.883. The molecule has 146 valence electrons. The van der Waals surface area contributed by atoms with Crippen LogP contribution in [0.15, 0.2) is 30.3 Å². The molecule has 1 aromatic rings. The van der Waals surface area contributed by atoms with Gasteiger partial charge in [0.15, 0.2) is 6.29 Å². The summed E-state index contributed by atoms with van der Waals surface area (Å²) >= 11 is 0. The van der Waals surface area contributed by atoms with Crippen LogP contribution in [0.3, 0.4) is 0 Å². The minimum absolute atomic E-state index is 0.127. The number of ether oxygens (including phenoxy) is 3. The Bertz CT molecular complexity index is 541. The summed E-state index contributed by atoms with van der Waals surface area (Å²) < 4.78 is 15.6. The lowest BCUT2D eigenvalue weighted by molar-refractivity contribution is -0.301. The molecule has 9 nitrogen and oxygen atoms in total. The van der Waals surface area contributed by atoms with Crippen LogP contribution in [0, 0.1) is 0 Å². The SMILES string of the molecule is O=C(NCCCO[C@H]1O[C@H](CO)[C@@H](O)[C@H](O)[C@@H]1O)OCc1ccccc1. The second-order valence-corrected chi connectivity index (χ2v) is 5.91. The van der Waals surface area contributed by atoms with Crippen LogP contribution in [-0.2, 0) is 20.8 Å². The Balaban J connectivity index is 1.60. The number of nitrogens with one attached hydrogen (secondary N) is 1. The molecule has 1 amide bonds. The van der Waals surface area contributed by atoms with Crippen LogP contribution in [0.5, 0.6) is 0 Å². The van der Waals surface area contributed by atoms with Crippen LogP contribution in [0.2, 0.25) is 0 Å². The average molecular weight is 371 g/mol. The number of amides is 1. The van der Waals surface area contributed by atoms with Crippen LogP contribution < -0.4 is 5.32 Å². The van der Waals surface area contributed by atoms with Gasteiger partial charge in [-0.25, -0.2) is 4.79 Å². The summed E-state index contributed by atoms with van der Waals surface area (Å²) in [6.07, 6.45) is -6.65. The minimum Gasteiger partial charge on any atom is -0.445 e. The third-order valence-corrected chi connectivity index (χ3v) is 3.93. The van der Waals surface area contributed by atoms with Crippen molar-refractivity contribution in [3.8, 4) is 0 Å². The van der Waals surface area contributed by atoms with E-state index in [1.807, 2.05) is 30.3 Å². The van der Waals surface area contributed by atoms with E-state index in [2.05, 4.69) is 5.32 Å². The molecule has 0 radical (unpaired) electrons. The van der Waals surface area contributed by atoms with Gasteiger partial charge in [0.1, 0.15) is 31.0 Å². The topological polar surface area (TPSA) is 138 Å². The van der Waals surface area contributed by atoms with Crippen molar-refractivity contribution in [2.75, 3.05) is 19.8 Å². The quantitative estimate of drug-likeness (QED) is 0.372. The van der Waals surface area contributed by atoms with Crippen molar-refractivity contribution in [3.05, 3.63) is 35.9 Å². The van der Waals surface area contributed by atoms with E-state index in [0.29, 0.717) is 6.42 Å². The first-order valence-corrected chi connectivity index (χ1v) is 8.39. The second-order valence-electron chi connectivity index (χ2n) is 5.91. The van der Waals surface area contributed by atoms with Gasteiger partial charge in [-0.3, -0.25) is 0 Å². The van der Waals surface area contributed by atoms with Gasteiger partial charge in [0.05, 0.1) is 13.2 Å². The molecule has 0 aliphatic carbocycles. The summed E-state index contributed by atoms with van der Waals surface area (Å²) in [5.74, 6) is 0. The van der Waals surface area contributed by atoms with Crippen molar-refractivity contribution < 1.29 is 39.4 Å². The smallest absolute Gasteiger partial charge is 0.407 e. The summed E-state index contributed by atoms with van der Waals surface area (Å²) in [4.78, 5) is 11.6. The molecule has 1 aliphatic rings.